The number of hydrogen-bond acceptors (Lipinski definition) is 3. The second-order valence-corrected chi connectivity index (χ2v) is 6.22. The normalized spacial score (nSPS) is 15.6. The lowest BCUT2D eigenvalue weighted by Crippen LogP contribution is -2.49. The van der Waals surface area contributed by atoms with Crippen molar-refractivity contribution in [1.82, 2.24) is 16.0 Å². The SMILES string of the molecule is CNC(=O)c1ccc(CNC(=O)C(NC(C)=O)C2CCCC2)cc1. The van der Waals surface area contributed by atoms with Crippen molar-refractivity contribution in [2.45, 2.75) is 45.2 Å². The van der Waals surface area contributed by atoms with Gasteiger partial charge in [0.2, 0.25) is 11.8 Å². The van der Waals surface area contributed by atoms with E-state index in [0.29, 0.717) is 12.1 Å². The van der Waals surface area contributed by atoms with Gasteiger partial charge in [-0.2, -0.15) is 0 Å². The van der Waals surface area contributed by atoms with Crippen LogP contribution in [0.5, 0.6) is 0 Å². The standard InChI is InChI=1S/C18H25N3O3/c1-12(22)21-16(14-5-3-4-6-14)18(24)20-11-13-7-9-15(10-8-13)17(23)19-2/h7-10,14,16H,3-6,11H2,1-2H3,(H,19,23)(H,20,24)(H,21,22). The van der Waals surface area contributed by atoms with Gasteiger partial charge in [-0.15, -0.1) is 0 Å². The summed E-state index contributed by atoms with van der Waals surface area (Å²) in [5.74, 6) is -0.258. The Kier molecular flexibility index (Phi) is 6.35. The van der Waals surface area contributed by atoms with Gasteiger partial charge >= 0.3 is 0 Å². The first kappa shape index (κ1) is 18.0. The van der Waals surface area contributed by atoms with Crippen LogP contribution >= 0.6 is 0 Å². The number of benzene rings is 1. The molecule has 0 radical (unpaired) electrons. The van der Waals surface area contributed by atoms with Crippen molar-refractivity contribution in [2.24, 2.45) is 5.92 Å². The summed E-state index contributed by atoms with van der Waals surface area (Å²) < 4.78 is 0. The van der Waals surface area contributed by atoms with Crippen LogP contribution in [0.15, 0.2) is 24.3 Å². The zero-order valence-corrected chi connectivity index (χ0v) is 14.2. The highest BCUT2D eigenvalue weighted by Crippen LogP contribution is 2.27. The monoisotopic (exact) mass is 331 g/mol. The largest absolute Gasteiger partial charge is 0.355 e. The number of nitrogens with one attached hydrogen (secondary N) is 3. The lowest BCUT2D eigenvalue weighted by atomic mass is 9.97. The Bertz CT molecular complexity index is 592. The van der Waals surface area contributed by atoms with Gasteiger partial charge in [-0.05, 0) is 36.5 Å². The smallest absolute Gasteiger partial charge is 0.251 e. The molecule has 0 aromatic heterocycles. The third-order valence-electron chi connectivity index (χ3n) is 4.42. The van der Waals surface area contributed by atoms with Crippen LogP contribution in [0, 0.1) is 5.92 Å². The minimum absolute atomic E-state index is 0.141. The van der Waals surface area contributed by atoms with Gasteiger partial charge in [-0.25, -0.2) is 0 Å². The van der Waals surface area contributed by atoms with Gasteiger partial charge in [0, 0.05) is 26.1 Å². The highest BCUT2D eigenvalue weighted by molar-refractivity contribution is 5.94. The quantitative estimate of drug-likeness (QED) is 0.735. The maximum atomic E-state index is 12.5. The average Bonchev–Trinajstić information content (AvgIpc) is 3.11. The summed E-state index contributed by atoms with van der Waals surface area (Å²) >= 11 is 0. The van der Waals surface area contributed by atoms with E-state index in [1.54, 1.807) is 19.2 Å². The molecular formula is C18H25N3O3. The van der Waals surface area contributed by atoms with Crippen LogP contribution in [-0.4, -0.2) is 30.8 Å². The van der Waals surface area contributed by atoms with E-state index in [2.05, 4.69) is 16.0 Å². The maximum absolute atomic E-state index is 12.5. The third kappa shape index (κ3) is 4.81. The van der Waals surface area contributed by atoms with Crippen molar-refractivity contribution < 1.29 is 14.4 Å². The van der Waals surface area contributed by atoms with Gasteiger partial charge < -0.3 is 16.0 Å². The molecule has 6 heteroatoms. The van der Waals surface area contributed by atoms with Crippen molar-refractivity contribution in [3.8, 4) is 0 Å². The Morgan fingerprint density at radius 3 is 2.29 bits per heavy atom. The van der Waals surface area contributed by atoms with Crippen molar-refractivity contribution in [3.05, 3.63) is 35.4 Å². The Labute approximate surface area is 142 Å². The minimum Gasteiger partial charge on any atom is -0.355 e. The molecular weight excluding hydrogens is 306 g/mol. The van der Waals surface area contributed by atoms with Crippen LogP contribution in [0.25, 0.3) is 0 Å². The molecule has 1 aliphatic rings. The molecule has 1 aliphatic carbocycles. The first-order valence-corrected chi connectivity index (χ1v) is 8.37. The molecule has 6 nitrogen and oxygen atoms in total. The second-order valence-electron chi connectivity index (χ2n) is 6.22. The van der Waals surface area contributed by atoms with Crippen molar-refractivity contribution in [3.63, 3.8) is 0 Å². The number of carbonyl (C=O) groups excluding carboxylic acids is 3. The van der Waals surface area contributed by atoms with Gasteiger partial charge in [0.25, 0.3) is 5.91 Å². The van der Waals surface area contributed by atoms with Gasteiger partial charge in [0.1, 0.15) is 6.04 Å². The molecule has 1 fully saturated rings. The van der Waals surface area contributed by atoms with E-state index in [-0.39, 0.29) is 23.6 Å². The highest BCUT2D eigenvalue weighted by atomic mass is 16.2. The third-order valence-corrected chi connectivity index (χ3v) is 4.42. The molecule has 130 valence electrons. The molecule has 2 rings (SSSR count). The van der Waals surface area contributed by atoms with Gasteiger partial charge in [-0.3, -0.25) is 14.4 Å². The topological polar surface area (TPSA) is 87.3 Å². The molecule has 3 amide bonds. The van der Waals surface area contributed by atoms with Crippen molar-refractivity contribution in [1.29, 1.82) is 0 Å². The zero-order chi connectivity index (χ0) is 17.5. The lowest BCUT2D eigenvalue weighted by Gasteiger charge is -2.23. The number of carbonyl (C=O) groups is 3. The summed E-state index contributed by atoms with van der Waals surface area (Å²) in [5.41, 5.74) is 1.48. The molecule has 24 heavy (non-hydrogen) atoms. The first-order valence-electron chi connectivity index (χ1n) is 8.37. The zero-order valence-electron chi connectivity index (χ0n) is 14.2. The van der Waals surface area contributed by atoms with E-state index in [9.17, 15) is 14.4 Å². The van der Waals surface area contributed by atoms with Crippen LogP contribution < -0.4 is 16.0 Å². The molecule has 1 atom stereocenters. The van der Waals surface area contributed by atoms with Crippen molar-refractivity contribution in [2.75, 3.05) is 7.05 Å². The van der Waals surface area contributed by atoms with Gasteiger partial charge in [0.05, 0.1) is 0 Å². The Morgan fingerprint density at radius 1 is 1.12 bits per heavy atom. The molecule has 1 aromatic rings. The Balaban J connectivity index is 1.94. The molecule has 1 saturated carbocycles. The first-order chi connectivity index (χ1) is 11.5. The lowest BCUT2D eigenvalue weighted by molar-refractivity contribution is -0.129. The molecule has 0 saturated heterocycles. The summed E-state index contributed by atoms with van der Waals surface area (Å²) in [4.78, 5) is 35.4. The van der Waals surface area contributed by atoms with Crippen LogP contribution in [0.3, 0.4) is 0 Å². The van der Waals surface area contributed by atoms with Crippen LogP contribution in [-0.2, 0) is 16.1 Å². The number of hydrogen-bond donors (Lipinski definition) is 3. The average molecular weight is 331 g/mol. The van der Waals surface area contributed by atoms with Crippen LogP contribution in [0.1, 0.15) is 48.5 Å². The molecule has 1 unspecified atom stereocenters. The summed E-state index contributed by atoms with van der Waals surface area (Å²) in [6.45, 7) is 1.81. The van der Waals surface area contributed by atoms with Crippen LogP contribution in [0.2, 0.25) is 0 Å². The fourth-order valence-corrected chi connectivity index (χ4v) is 3.12. The van der Waals surface area contributed by atoms with E-state index in [1.807, 2.05) is 12.1 Å². The maximum Gasteiger partial charge on any atom is 0.251 e. The molecule has 0 bridgehead atoms. The van der Waals surface area contributed by atoms with Gasteiger partial charge in [-0.1, -0.05) is 25.0 Å². The number of amides is 3. The van der Waals surface area contributed by atoms with E-state index in [1.165, 1.54) is 6.92 Å². The molecule has 0 aliphatic heterocycles. The minimum atomic E-state index is -0.463. The summed E-state index contributed by atoms with van der Waals surface area (Å²) in [7, 11) is 1.58. The second kappa shape index (κ2) is 8.47. The molecule has 3 N–H and O–H groups in total. The highest BCUT2D eigenvalue weighted by Gasteiger charge is 2.31. The van der Waals surface area contributed by atoms with Gasteiger partial charge in [0.15, 0.2) is 0 Å². The summed E-state index contributed by atoms with van der Waals surface area (Å²) in [5, 5.41) is 8.24. The number of rotatable bonds is 6. The van der Waals surface area contributed by atoms with E-state index < -0.39 is 6.04 Å². The molecule has 0 spiro atoms. The summed E-state index contributed by atoms with van der Waals surface area (Å²) in [6, 6.07) is 6.61. The fourth-order valence-electron chi connectivity index (χ4n) is 3.12. The fraction of sp³-hybridized carbons (Fsp3) is 0.500. The van der Waals surface area contributed by atoms with E-state index in [0.717, 1.165) is 31.2 Å². The van der Waals surface area contributed by atoms with E-state index >= 15 is 0 Å². The predicted molar refractivity (Wildman–Crippen MR) is 91.2 cm³/mol. The Morgan fingerprint density at radius 2 is 1.75 bits per heavy atom. The molecule has 1 aromatic carbocycles. The Hall–Kier alpha value is -2.37. The van der Waals surface area contributed by atoms with Crippen LogP contribution in [0.4, 0.5) is 0 Å². The summed E-state index contributed by atoms with van der Waals surface area (Å²) in [6.07, 6.45) is 4.16. The predicted octanol–water partition coefficient (Wildman–Crippen LogP) is 1.36. The molecule has 0 heterocycles. The van der Waals surface area contributed by atoms with Crippen molar-refractivity contribution >= 4 is 17.7 Å². The van der Waals surface area contributed by atoms with E-state index in [4.69, 9.17) is 0 Å².